The molecule has 2 nitrogen and oxygen atoms in total. The predicted molar refractivity (Wildman–Crippen MR) is 44.8 cm³/mol. The average Bonchev–Trinajstić information content (AvgIpc) is 1.89. The van der Waals surface area contributed by atoms with Gasteiger partial charge < -0.3 is 10.6 Å². The third-order valence-electron chi connectivity index (χ3n) is 0.989. The van der Waals surface area contributed by atoms with E-state index in [-0.39, 0.29) is 0 Å². The maximum absolute atomic E-state index is 3.77. The molecule has 0 bridgehead atoms. The molecule has 0 heterocycles. The molecule has 0 aliphatic carbocycles. The van der Waals surface area contributed by atoms with Crippen molar-refractivity contribution in [2.45, 2.75) is 0 Å². The molecule has 0 atom stereocenters. The van der Waals surface area contributed by atoms with E-state index in [2.05, 4.69) is 29.5 Å². The van der Waals surface area contributed by atoms with E-state index in [9.17, 15) is 0 Å². The normalized spacial score (nSPS) is 8.10. The minimum atomic E-state index is 0.754. The van der Waals surface area contributed by atoms with E-state index in [1.54, 1.807) is 0 Å². The molecule has 10 heavy (non-hydrogen) atoms. The molecule has 0 rings (SSSR count). The Balaban J connectivity index is 3.30. The molecule has 0 aromatic heterocycles. The van der Waals surface area contributed by atoms with Crippen molar-refractivity contribution >= 4 is 0 Å². The van der Waals surface area contributed by atoms with Crippen LogP contribution in [0, 0.1) is 0 Å². The molecule has 0 unspecified atom stereocenters. The third-order valence-corrected chi connectivity index (χ3v) is 0.989. The van der Waals surface area contributed by atoms with E-state index in [4.69, 9.17) is 0 Å². The molecule has 0 spiro atoms. The van der Waals surface area contributed by atoms with Crippen LogP contribution in [0.5, 0.6) is 0 Å². The van der Waals surface area contributed by atoms with Gasteiger partial charge in [-0.05, 0) is 13.1 Å². The van der Waals surface area contributed by atoms with Gasteiger partial charge in [-0.2, -0.15) is 0 Å². The molecule has 0 saturated heterocycles. The second kappa shape index (κ2) is 6.14. The van der Waals surface area contributed by atoms with Gasteiger partial charge in [0.25, 0.3) is 0 Å². The first-order valence-corrected chi connectivity index (χ1v) is 3.21. The van der Waals surface area contributed by atoms with Crippen molar-refractivity contribution < 1.29 is 0 Å². The molecule has 2 heteroatoms. The Morgan fingerprint density at radius 2 is 2.40 bits per heavy atom. The van der Waals surface area contributed by atoms with E-state index in [1.807, 2.05) is 13.1 Å². The molecule has 0 aliphatic rings. The van der Waals surface area contributed by atoms with E-state index in [0.717, 1.165) is 18.8 Å². The van der Waals surface area contributed by atoms with Crippen molar-refractivity contribution in [3.63, 3.8) is 0 Å². The molecule has 0 aromatic carbocycles. The van der Waals surface area contributed by atoms with Gasteiger partial charge in [0.2, 0.25) is 0 Å². The Kier molecular flexibility index (Phi) is 5.54. The Hall–Kier alpha value is -0.980. The van der Waals surface area contributed by atoms with Gasteiger partial charge >= 0.3 is 0 Å². The smallest absolute Gasteiger partial charge is 0.0402 e. The number of hydrogen-bond donors (Lipinski definition) is 2. The SMILES string of the molecule is C=C=CCNC(=C)CNC. The third kappa shape index (κ3) is 5.16. The van der Waals surface area contributed by atoms with Crippen LogP contribution in [0.1, 0.15) is 0 Å². The molecule has 0 saturated carbocycles. The molecule has 0 amide bonds. The van der Waals surface area contributed by atoms with Crippen LogP contribution in [0.15, 0.2) is 30.7 Å². The van der Waals surface area contributed by atoms with Gasteiger partial charge in [0.05, 0.1) is 0 Å². The first kappa shape index (κ1) is 9.02. The summed E-state index contributed by atoms with van der Waals surface area (Å²) < 4.78 is 0. The number of hydrogen-bond acceptors (Lipinski definition) is 2. The molecule has 56 valence electrons. The zero-order valence-corrected chi connectivity index (χ0v) is 6.41. The fourth-order valence-corrected chi connectivity index (χ4v) is 0.543. The van der Waals surface area contributed by atoms with E-state index in [1.165, 1.54) is 0 Å². The highest BCUT2D eigenvalue weighted by Gasteiger charge is 1.85. The van der Waals surface area contributed by atoms with Gasteiger partial charge in [-0.15, -0.1) is 5.73 Å². The van der Waals surface area contributed by atoms with Gasteiger partial charge in [-0.1, -0.05) is 13.2 Å². The Bertz CT molecular complexity index is 143. The van der Waals surface area contributed by atoms with Crippen molar-refractivity contribution in [2.24, 2.45) is 0 Å². The van der Waals surface area contributed by atoms with Crippen LogP contribution in [-0.4, -0.2) is 20.1 Å². The van der Waals surface area contributed by atoms with E-state index in [0.29, 0.717) is 0 Å². The van der Waals surface area contributed by atoms with Crippen LogP contribution in [0.4, 0.5) is 0 Å². The summed E-state index contributed by atoms with van der Waals surface area (Å²) in [4.78, 5) is 0. The van der Waals surface area contributed by atoms with Crippen LogP contribution in [0.3, 0.4) is 0 Å². The summed E-state index contributed by atoms with van der Waals surface area (Å²) in [5.41, 5.74) is 3.65. The van der Waals surface area contributed by atoms with Crippen LogP contribution >= 0.6 is 0 Å². The fraction of sp³-hybridized carbons (Fsp3) is 0.375. The second-order valence-corrected chi connectivity index (χ2v) is 1.92. The number of likely N-dealkylation sites (N-methyl/N-ethyl adjacent to an activating group) is 1. The highest BCUT2D eigenvalue weighted by atomic mass is 14.9. The molecule has 0 fully saturated rings. The Labute approximate surface area is 62.3 Å². The van der Waals surface area contributed by atoms with Crippen molar-refractivity contribution in [1.82, 2.24) is 10.6 Å². The van der Waals surface area contributed by atoms with Gasteiger partial charge in [0.1, 0.15) is 0 Å². The van der Waals surface area contributed by atoms with Crippen molar-refractivity contribution in [3.8, 4) is 0 Å². The van der Waals surface area contributed by atoms with Crippen molar-refractivity contribution in [1.29, 1.82) is 0 Å². The topological polar surface area (TPSA) is 24.1 Å². The highest BCUT2D eigenvalue weighted by Crippen LogP contribution is 1.77. The van der Waals surface area contributed by atoms with Crippen LogP contribution in [0.25, 0.3) is 0 Å². The van der Waals surface area contributed by atoms with Crippen molar-refractivity contribution in [3.05, 3.63) is 30.7 Å². The zero-order valence-electron chi connectivity index (χ0n) is 6.41. The van der Waals surface area contributed by atoms with E-state index >= 15 is 0 Å². The first-order valence-electron chi connectivity index (χ1n) is 3.21. The molecule has 0 radical (unpaired) electrons. The lowest BCUT2D eigenvalue weighted by Crippen LogP contribution is -2.21. The van der Waals surface area contributed by atoms with Gasteiger partial charge in [-0.25, -0.2) is 0 Å². The summed E-state index contributed by atoms with van der Waals surface area (Å²) in [5, 5.41) is 6.05. The number of rotatable bonds is 5. The monoisotopic (exact) mass is 138 g/mol. The predicted octanol–water partition coefficient (Wildman–Crippen LogP) is 0.650. The van der Waals surface area contributed by atoms with Gasteiger partial charge in [-0.3, -0.25) is 0 Å². The van der Waals surface area contributed by atoms with Gasteiger partial charge in [0, 0.05) is 18.8 Å². The quantitative estimate of drug-likeness (QED) is 0.545. The minimum absolute atomic E-state index is 0.754. The van der Waals surface area contributed by atoms with Crippen LogP contribution in [-0.2, 0) is 0 Å². The Morgan fingerprint density at radius 3 is 2.90 bits per heavy atom. The molecular formula is C8H14N2. The molecular weight excluding hydrogens is 124 g/mol. The average molecular weight is 138 g/mol. The van der Waals surface area contributed by atoms with E-state index < -0.39 is 0 Å². The fourth-order valence-electron chi connectivity index (χ4n) is 0.543. The maximum Gasteiger partial charge on any atom is 0.0402 e. The number of nitrogens with one attached hydrogen (secondary N) is 2. The van der Waals surface area contributed by atoms with Crippen LogP contribution in [0.2, 0.25) is 0 Å². The summed E-state index contributed by atoms with van der Waals surface area (Å²) in [5.74, 6) is 0. The van der Waals surface area contributed by atoms with Crippen LogP contribution < -0.4 is 10.6 Å². The standard InChI is InChI=1S/C8H14N2/c1-4-5-6-10-8(2)7-9-3/h5,9-10H,1-2,6-7H2,3H3. The molecule has 0 aliphatic heterocycles. The summed E-state index contributed by atoms with van der Waals surface area (Å²) >= 11 is 0. The van der Waals surface area contributed by atoms with Crippen molar-refractivity contribution in [2.75, 3.05) is 20.1 Å². The lowest BCUT2D eigenvalue weighted by Gasteiger charge is -2.04. The zero-order chi connectivity index (χ0) is 7.82. The largest absolute Gasteiger partial charge is 0.384 e. The highest BCUT2D eigenvalue weighted by molar-refractivity contribution is 4.95. The second-order valence-electron chi connectivity index (χ2n) is 1.92. The molecule has 2 N–H and O–H groups in total. The molecule has 0 aromatic rings. The lowest BCUT2D eigenvalue weighted by molar-refractivity contribution is 0.788. The summed E-state index contributed by atoms with van der Waals surface area (Å²) in [6.45, 7) is 8.76. The van der Waals surface area contributed by atoms with Gasteiger partial charge in [0.15, 0.2) is 0 Å². The summed E-state index contributed by atoms with van der Waals surface area (Å²) in [6.07, 6.45) is 1.82. The maximum atomic E-state index is 3.77. The first-order chi connectivity index (χ1) is 4.81. The summed E-state index contributed by atoms with van der Waals surface area (Å²) in [6, 6.07) is 0. The minimum Gasteiger partial charge on any atom is -0.384 e. The Morgan fingerprint density at radius 1 is 1.70 bits per heavy atom. The summed E-state index contributed by atoms with van der Waals surface area (Å²) in [7, 11) is 1.89. The lowest BCUT2D eigenvalue weighted by atomic mass is 10.4.